The number of aryl methyl sites for hydroxylation is 1. The van der Waals surface area contributed by atoms with E-state index >= 15 is 0 Å². The molecule has 3 N–H and O–H groups in total. The van der Waals surface area contributed by atoms with E-state index in [1.54, 1.807) is 0 Å². The fourth-order valence-electron chi connectivity index (χ4n) is 1.15. The highest BCUT2D eigenvalue weighted by Gasteiger charge is 2.06. The SMILES string of the molecule is Cc1cccc(-c2n[nH]c(=S)n2N)n1. The fourth-order valence-corrected chi connectivity index (χ4v) is 1.29. The maximum Gasteiger partial charge on any atom is 0.214 e. The number of nitrogens with zero attached hydrogens (tertiary/aromatic N) is 3. The summed E-state index contributed by atoms with van der Waals surface area (Å²) in [7, 11) is 0. The van der Waals surface area contributed by atoms with Gasteiger partial charge in [-0.25, -0.2) is 14.8 Å². The molecule has 0 radical (unpaired) electrons. The highest BCUT2D eigenvalue weighted by atomic mass is 32.1. The van der Waals surface area contributed by atoms with Crippen LogP contribution in [0.5, 0.6) is 0 Å². The lowest BCUT2D eigenvalue weighted by Gasteiger charge is -1.99. The van der Waals surface area contributed by atoms with E-state index in [9.17, 15) is 0 Å². The second-order valence-corrected chi connectivity index (χ2v) is 3.27. The Morgan fingerprint density at radius 2 is 2.29 bits per heavy atom. The maximum absolute atomic E-state index is 5.66. The predicted octanol–water partition coefficient (Wildman–Crippen LogP) is 1.02. The predicted molar refractivity (Wildman–Crippen MR) is 55.5 cm³/mol. The zero-order valence-corrected chi connectivity index (χ0v) is 8.38. The highest BCUT2D eigenvalue weighted by Crippen LogP contribution is 2.12. The van der Waals surface area contributed by atoms with Crippen LogP contribution in [-0.4, -0.2) is 19.9 Å². The molecule has 0 bridgehead atoms. The zero-order chi connectivity index (χ0) is 10.1. The number of nitrogens with two attached hydrogens (primary N) is 1. The molecule has 0 aliphatic carbocycles. The smallest absolute Gasteiger partial charge is 0.214 e. The van der Waals surface area contributed by atoms with Crippen molar-refractivity contribution in [2.45, 2.75) is 6.92 Å². The van der Waals surface area contributed by atoms with E-state index in [-0.39, 0.29) is 0 Å². The Balaban J connectivity index is 2.60. The van der Waals surface area contributed by atoms with Gasteiger partial charge >= 0.3 is 0 Å². The normalized spacial score (nSPS) is 10.4. The summed E-state index contributed by atoms with van der Waals surface area (Å²) < 4.78 is 1.68. The van der Waals surface area contributed by atoms with Crippen molar-refractivity contribution >= 4 is 12.2 Å². The number of rotatable bonds is 1. The standard InChI is InChI=1S/C8H9N5S/c1-5-3-2-4-6(10-5)7-11-12-8(14)13(7)9/h2-4H,9H2,1H3,(H,12,14). The summed E-state index contributed by atoms with van der Waals surface area (Å²) >= 11 is 4.90. The molecule has 2 rings (SSSR count). The topological polar surface area (TPSA) is 72.5 Å². The van der Waals surface area contributed by atoms with E-state index in [0.29, 0.717) is 16.3 Å². The Morgan fingerprint density at radius 3 is 2.86 bits per heavy atom. The molecule has 0 aliphatic rings. The largest absolute Gasteiger partial charge is 0.335 e. The molecule has 2 aromatic heterocycles. The summed E-state index contributed by atoms with van der Waals surface area (Å²) in [4.78, 5) is 4.29. The van der Waals surface area contributed by atoms with Gasteiger partial charge in [0.2, 0.25) is 4.77 Å². The number of aromatic nitrogens is 4. The molecule has 0 amide bonds. The molecule has 0 unspecified atom stereocenters. The van der Waals surface area contributed by atoms with E-state index in [0.717, 1.165) is 5.69 Å². The Hall–Kier alpha value is -1.69. The molecular formula is C8H9N5S. The Kier molecular flexibility index (Phi) is 2.05. The minimum Gasteiger partial charge on any atom is -0.335 e. The molecule has 2 heterocycles. The first kappa shape index (κ1) is 8.89. The van der Waals surface area contributed by atoms with Crippen LogP contribution in [0.1, 0.15) is 5.69 Å². The van der Waals surface area contributed by atoms with Crippen LogP contribution >= 0.6 is 12.2 Å². The van der Waals surface area contributed by atoms with Gasteiger partial charge in [0.1, 0.15) is 5.69 Å². The van der Waals surface area contributed by atoms with Crippen molar-refractivity contribution in [3.05, 3.63) is 28.7 Å². The van der Waals surface area contributed by atoms with Crippen LogP contribution in [0.4, 0.5) is 0 Å². The second-order valence-electron chi connectivity index (χ2n) is 2.89. The van der Waals surface area contributed by atoms with Gasteiger partial charge in [-0.2, -0.15) is 5.10 Å². The summed E-state index contributed by atoms with van der Waals surface area (Å²) in [5.41, 5.74) is 1.62. The van der Waals surface area contributed by atoms with Gasteiger partial charge < -0.3 is 5.84 Å². The first-order valence-corrected chi connectivity index (χ1v) is 4.46. The molecule has 0 aromatic carbocycles. The minimum absolute atomic E-state index is 0.378. The lowest BCUT2D eigenvalue weighted by atomic mass is 10.3. The van der Waals surface area contributed by atoms with Gasteiger partial charge in [0, 0.05) is 5.69 Å². The number of H-pyrrole nitrogens is 1. The summed E-state index contributed by atoms with van der Waals surface area (Å²) in [5, 5.41) is 6.59. The number of nitrogen functional groups attached to an aromatic ring is 1. The average Bonchev–Trinajstić information content (AvgIpc) is 2.48. The van der Waals surface area contributed by atoms with Gasteiger partial charge in [-0.3, -0.25) is 0 Å². The summed E-state index contributed by atoms with van der Waals surface area (Å²) in [6, 6.07) is 5.64. The van der Waals surface area contributed by atoms with Crippen molar-refractivity contribution in [1.29, 1.82) is 0 Å². The quantitative estimate of drug-likeness (QED) is 0.541. The number of hydrogen-bond acceptors (Lipinski definition) is 4. The average molecular weight is 207 g/mol. The molecule has 0 aliphatic heterocycles. The lowest BCUT2D eigenvalue weighted by molar-refractivity contribution is 0.975. The second kappa shape index (κ2) is 3.22. The highest BCUT2D eigenvalue weighted by molar-refractivity contribution is 7.71. The fraction of sp³-hybridized carbons (Fsp3) is 0.125. The molecule has 14 heavy (non-hydrogen) atoms. The third-order valence-corrected chi connectivity index (χ3v) is 2.11. The molecule has 0 fully saturated rings. The zero-order valence-electron chi connectivity index (χ0n) is 7.56. The minimum atomic E-state index is 0.378. The third kappa shape index (κ3) is 1.39. The number of hydrogen-bond donors (Lipinski definition) is 2. The molecule has 0 saturated heterocycles. The number of aromatic amines is 1. The van der Waals surface area contributed by atoms with Crippen LogP contribution in [-0.2, 0) is 0 Å². The van der Waals surface area contributed by atoms with E-state index < -0.39 is 0 Å². The molecular weight excluding hydrogens is 198 g/mol. The van der Waals surface area contributed by atoms with Gasteiger partial charge in [0.25, 0.3) is 0 Å². The van der Waals surface area contributed by atoms with Gasteiger partial charge in [-0.05, 0) is 31.3 Å². The van der Waals surface area contributed by atoms with E-state index in [1.807, 2.05) is 25.1 Å². The van der Waals surface area contributed by atoms with Crippen LogP contribution in [0.2, 0.25) is 0 Å². The first-order chi connectivity index (χ1) is 6.68. The monoisotopic (exact) mass is 207 g/mol. The third-order valence-electron chi connectivity index (χ3n) is 1.82. The summed E-state index contributed by atoms with van der Waals surface area (Å²) in [5.74, 6) is 6.20. The summed E-state index contributed by atoms with van der Waals surface area (Å²) in [6.45, 7) is 1.91. The van der Waals surface area contributed by atoms with E-state index in [2.05, 4.69) is 15.2 Å². The molecule has 72 valence electrons. The molecule has 0 atom stereocenters. The van der Waals surface area contributed by atoms with Crippen LogP contribution in [0, 0.1) is 11.7 Å². The Bertz CT molecular complexity index is 512. The van der Waals surface area contributed by atoms with Crippen LogP contribution < -0.4 is 5.84 Å². The number of pyridine rings is 1. The maximum atomic E-state index is 5.66. The van der Waals surface area contributed by atoms with Crippen LogP contribution in [0.3, 0.4) is 0 Å². The van der Waals surface area contributed by atoms with Gasteiger partial charge in [0.05, 0.1) is 0 Å². The molecule has 2 aromatic rings. The molecule has 0 spiro atoms. The van der Waals surface area contributed by atoms with Crippen molar-refractivity contribution in [3.63, 3.8) is 0 Å². The van der Waals surface area contributed by atoms with Gasteiger partial charge in [0.15, 0.2) is 5.82 Å². The molecule has 0 saturated carbocycles. The summed E-state index contributed by atoms with van der Waals surface area (Å²) in [6.07, 6.45) is 0. The van der Waals surface area contributed by atoms with E-state index in [4.69, 9.17) is 18.1 Å². The Morgan fingerprint density at radius 1 is 1.50 bits per heavy atom. The van der Waals surface area contributed by atoms with Crippen molar-refractivity contribution in [3.8, 4) is 11.5 Å². The van der Waals surface area contributed by atoms with Gasteiger partial charge in [-0.15, -0.1) is 0 Å². The first-order valence-electron chi connectivity index (χ1n) is 4.05. The van der Waals surface area contributed by atoms with Crippen molar-refractivity contribution in [2.75, 3.05) is 5.84 Å². The van der Waals surface area contributed by atoms with Crippen LogP contribution in [0.25, 0.3) is 11.5 Å². The van der Waals surface area contributed by atoms with Crippen molar-refractivity contribution < 1.29 is 0 Å². The van der Waals surface area contributed by atoms with Crippen LogP contribution in [0.15, 0.2) is 18.2 Å². The van der Waals surface area contributed by atoms with Crippen molar-refractivity contribution in [2.24, 2.45) is 0 Å². The molecule has 6 heteroatoms. The van der Waals surface area contributed by atoms with E-state index in [1.165, 1.54) is 4.68 Å². The lowest BCUT2D eigenvalue weighted by Crippen LogP contribution is -2.10. The number of nitrogens with one attached hydrogen (secondary N) is 1. The van der Waals surface area contributed by atoms with Crippen molar-refractivity contribution in [1.82, 2.24) is 19.9 Å². The van der Waals surface area contributed by atoms with Gasteiger partial charge in [-0.1, -0.05) is 6.07 Å². The molecule has 5 nitrogen and oxygen atoms in total. The Labute approximate surface area is 85.6 Å².